The first-order valence-corrected chi connectivity index (χ1v) is 34.0. The Balaban J connectivity index is 0.000000446. The van der Waals surface area contributed by atoms with Crippen molar-refractivity contribution in [1.82, 2.24) is 0 Å². The Bertz CT molecular complexity index is 2220. The maximum absolute atomic E-state index is 12.1. The fourth-order valence-corrected chi connectivity index (χ4v) is 13.6. The molecule has 21 aliphatic heterocycles. The van der Waals surface area contributed by atoms with Crippen LogP contribution in [-0.2, 0) is 75.9 Å². The van der Waals surface area contributed by atoms with E-state index in [0.29, 0.717) is 25.7 Å². The summed E-state index contributed by atoms with van der Waals surface area (Å²) in [6.45, 7) is -5.21. The van der Waals surface area contributed by atoms with Crippen LogP contribution in [0.4, 0.5) is 0 Å². The third-order valence-corrected chi connectivity index (χ3v) is 19.5. The van der Waals surface area contributed by atoms with E-state index in [1.807, 2.05) is 12.2 Å². The topological polar surface area (TPSA) is 649 Å². The van der Waals surface area contributed by atoms with Crippen molar-refractivity contribution in [3.63, 3.8) is 0 Å². The summed E-state index contributed by atoms with van der Waals surface area (Å²) < 4.78 is 79.5. The lowest BCUT2D eigenvalue weighted by atomic mass is 9.90. The van der Waals surface area contributed by atoms with Gasteiger partial charge in [-0.25, -0.2) is 0 Å². The van der Waals surface area contributed by atoms with Gasteiger partial charge in [-0.15, -0.1) is 0 Å². The molecule has 39 atom stereocenters. The summed E-state index contributed by atoms with van der Waals surface area (Å²) in [5.41, 5.74) is 0. The second-order valence-corrected chi connectivity index (χ2v) is 26.5. The maximum Gasteiger partial charge on any atom is 0.303 e. The number of carbonyl (C=O) groups is 2. The van der Waals surface area contributed by atoms with Gasteiger partial charge >= 0.3 is 5.97 Å². The molecule has 21 heterocycles. The van der Waals surface area contributed by atoms with Gasteiger partial charge in [0.1, 0.15) is 177 Å². The second-order valence-electron chi connectivity index (χ2n) is 26.5. The van der Waals surface area contributed by atoms with Crippen molar-refractivity contribution in [1.29, 1.82) is 0 Å². The lowest BCUT2D eigenvalue weighted by molar-refractivity contribution is -0.396. The summed E-state index contributed by atoms with van der Waals surface area (Å²) in [5, 5.41) is 259. The van der Waals surface area contributed by atoms with Gasteiger partial charge in [-0.05, 0) is 25.7 Å². The van der Waals surface area contributed by atoms with Gasteiger partial charge < -0.3 is 189 Å². The summed E-state index contributed by atoms with van der Waals surface area (Å²) >= 11 is 0. The van der Waals surface area contributed by atoms with Gasteiger partial charge in [0.2, 0.25) is 0 Å². The quantitative estimate of drug-likeness (QED) is 0.0422. The predicted octanol–water partition coefficient (Wildman–Crippen LogP) is -12.0. The summed E-state index contributed by atoms with van der Waals surface area (Å²) in [4.78, 5) is 22.5. The van der Waals surface area contributed by atoms with Gasteiger partial charge in [-0.3, -0.25) is 9.59 Å². The number of allylic oxidation sites excluding steroid dienone is 2. The molecule has 40 heteroatoms. The first kappa shape index (κ1) is 84.8. The average molecular weight is 1490 g/mol. The van der Waals surface area contributed by atoms with E-state index in [9.17, 15) is 127 Å². The van der Waals surface area contributed by atoms with Gasteiger partial charge in [-0.2, -0.15) is 0 Å². The standard InChI is InChI=1S/C42H70O35.C20H32O5/c43-1-8-29-15(50)22(57)36(64-8)72-30-9(2-44)66-38(24(59)17(30)52)74-32-11(4-46)68-40(26(61)19(32)54)76-34-13(6-48)70-42(28(63)21(34)56)77-35-14(7-49)69-41(27(62)20(35)55)75-33-12(5-47)67-39(25(60)18(33)53)73-31-10(3-45)65-37(71-29)23(58)16(31)51;1-2-3-6-9-15(21)12-13-17-16(18(22)14-19(17)23)10-7-4-5-8-11-20(24)25/h8-63H,1-7H2;4,7,12-13,15-17,19,21,23H,2-3,5-6,8-11,14H2,1H3,(H,24,25)/b;7-4-,13-12+/t8-,9-,10-,11-,12-,13-,14+,15+,16+,17-,18+,19-,20-,21-,22+,23+,24-,25+,26-,27-,28-,29-,30-,31-,32-,33-,34-,35-,36-,37-,38-,39-,40-,41-,42-;15-,16+,17+,19+/m10/s1. The molecule has 0 aromatic heterocycles. The zero-order valence-corrected chi connectivity index (χ0v) is 55.4. The minimum absolute atomic E-state index is 0.0535. The molecule has 24 N–H and O–H groups in total. The number of hydrogen-bond acceptors (Lipinski definition) is 39. The first-order valence-electron chi connectivity index (χ1n) is 34.0. The smallest absolute Gasteiger partial charge is 0.303 e. The van der Waals surface area contributed by atoms with E-state index in [0.717, 1.165) is 19.3 Å². The number of rotatable bonds is 19. The highest BCUT2D eigenvalue weighted by molar-refractivity contribution is 5.84. The van der Waals surface area contributed by atoms with Crippen molar-refractivity contribution in [2.75, 3.05) is 46.2 Å². The molecule has 0 aromatic carbocycles. The van der Waals surface area contributed by atoms with E-state index in [2.05, 4.69) is 6.92 Å². The number of hydrogen-bond donors (Lipinski definition) is 24. The number of ether oxygens (including phenoxy) is 14. The molecule has 21 saturated heterocycles. The molecule has 1 aliphatic carbocycles. The number of unbranched alkanes of at least 4 members (excludes halogenated alkanes) is 3. The average Bonchev–Trinajstić information content (AvgIpc) is 0.884. The lowest BCUT2D eigenvalue weighted by Gasteiger charge is -2.50. The van der Waals surface area contributed by atoms with Gasteiger partial charge in [-0.1, -0.05) is 50.5 Å². The number of ketones is 1. The van der Waals surface area contributed by atoms with Crippen LogP contribution in [0, 0.1) is 11.8 Å². The van der Waals surface area contributed by atoms with Crippen LogP contribution in [-0.4, -0.2) is 408 Å². The lowest BCUT2D eigenvalue weighted by Crippen LogP contribution is -2.68. The maximum atomic E-state index is 12.1. The molecule has 102 heavy (non-hydrogen) atoms. The third-order valence-electron chi connectivity index (χ3n) is 19.5. The van der Waals surface area contributed by atoms with Gasteiger partial charge in [0.05, 0.1) is 58.5 Å². The highest BCUT2D eigenvalue weighted by atomic mass is 16.8. The monoisotopic (exact) mass is 1490 g/mol. The largest absolute Gasteiger partial charge is 0.481 e. The third kappa shape index (κ3) is 19.6. The molecule has 22 fully saturated rings. The van der Waals surface area contributed by atoms with Crippen LogP contribution in [0.5, 0.6) is 0 Å². The zero-order chi connectivity index (χ0) is 74.7. The number of carbonyl (C=O) groups excluding carboxylic acids is 1. The molecular weight excluding hydrogens is 1380 g/mol. The minimum Gasteiger partial charge on any atom is -0.481 e. The highest BCUT2D eigenvalue weighted by Gasteiger charge is 2.60. The van der Waals surface area contributed by atoms with E-state index in [1.54, 1.807) is 12.2 Å². The Kier molecular flexibility index (Phi) is 32.4. The molecule has 0 aromatic rings. The van der Waals surface area contributed by atoms with E-state index in [4.69, 9.17) is 71.4 Å². The molecular formula is C62H102O40. The molecule has 22 rings (SSSR count). The molecule has 0 amide bonds. The van der Waals surface area contributed by atoms with Crippen molar-refractivity contribution in [3.8, 4) is 0 Å². The summed E-state index contributed by atoms with van der Waals surface area (Å²) in [6, 6.07) is 0. The van der Waals surface area contributed by atoms with Crippen LogP contribution in [0.1, 0.15) is 64.7 Å². The molecule has 590 valence electrons. The summed E-state index contributed by atoms with van der Waals surface area (Å²) in [7, 11) is 0. The number of carboxylic acids is 1. The molecule has 14 bridgehead atoms. The van der Waals surface area contributed by atoms with Crippen molar-refractivity contribution in [3.05, 3.63) is 24.3 Å². The van der Waals surface area contributed by atoms with Gasteiger partial charge in [0, 0.05) is 24.7 Å². The Morgan fingerprint density at radius 2 is 0.657 bits per heavy atom. The summed E-state index contributed by atoms with van der Waals surface area (Å²) in [6.07, 6.45) is -58.2. The number of aliphatic carboxylic acids is 1. The fraction of sp³-hybridized carbons (Fsp3) is 0.903. The normalized spacial score (nSPS) is 48.0. The number of carboxylic acid groups (broad SMARTS) is 1. The van der Waals surface area contributed by atoms with Crippen molar-refractivity contribution < 1.29 is 198 Å². The van der Waals surface area contributed by atoms with E-state index in [-0.39, 0.29) is 30.5 Å². The molecule has 0 unspecified atom stereocenters. The molecule has 1 saturated carbocycles. The Hall–Kier alpha value is -2.86. The Labute approximate surface area is 583 Å². The minimum atomic E-state index is -2.21. The van der Waals surface area contributed by atoms with Crippen LogP contribution in [0.15, 0.2) is 24.3 Å². The fourth-order valence-electron chi connectivity index (χ4n) is 13.6. The van der Waals surface area contributed by atoms with E-state index in [1.165, 1.54) is 0 Å². The van der Waals surface area contributed by atoms with Gasteiger partial charge in [0.15, 0.2) is 44.0 Å². The van der Waals surface area contributed by atoms with Crippen LogP contribution >= 0.6 is 0 Å². The first-order chi connectivity index (χ1) is 48.6. The Morgan fingerprint density at radius 1 is 0.392 bits per heavy atom. The second kappa shape index (κ2) is 39.0. The molecule has 40 nitrogen and oxygen atoms in total. The van der Waals surface area contributed by atoms with Crippen LogP contribution in [0.3, 0.4) is 0 Å². The predicted molar refractivity (Wildman–Crippen MR) is 326 cm³/mol. The summed E-state index contributed by atoms with van der Waals surface area (Å²) in [5.74, 6) is -1.26. The molecule has 0 spiro atoms. The van der Waals surface area contributed by atoms with Gasteiger partial charge in [0.25, 0.3) is 0 Å². The van der Waals surface area contributed by atoms with Crippen LogP contribution < -0.4 is 0 Å². The van der Waals surface area contributed by atoms with Crippen molar-refractivity contribution in [2.24, 2.45) is 11.8 Å². The highest BCUT2D eigenvalue weighted by Crippen LogP contribution is 2.40. The number of aliphatic hydroxyl groups is 23. The van der Waals surface area contributed by atoms with Crippen LogP contribution in [0.2, 0.25) is 0 Å². The number of aliphatic hydroxyl groups excluding tert-OH is 23. The van der Waals surface area contributed by atoms with Crippen molar-refractivity contribution >= 4 is 11.8 Å². The molecule has 0 radical (unpaired) electrons. The SMILES string of the molecule is CCCCC[C@H](O)/C=C/[C@H]1[C@H](O)CC(=O)[C@@H]1C/C=C\CCCC(=O)O.OC[C@@H]1O[C@@H]2O[C@H]3[C@@H](O)[C@H](O)[C@@H](O[C@H]4[C@@H](O)[C@H](O)[C@@H](O[C@H]5[C@@H](O)[C@H](O)[C@@H](O[C@H]6[C@H](O)[C@@H](O)[C@@H](O[C@H]7[C@H](O)[C@@H](O)[C@@H](O[C@H]8[C@H](O)[C@@H](O)[C@@H](O[C@H]1[C@H](O)[C@H]2O)O[C@@H]8CO)O[C@@H]7CO)O[C@@H]6CO)O[C@@H]5CO)O[C@@H]4CO)O[C@@H]3CO. The molecule has 22 aliphatic rings. The van der Waals surface area contributed by atoms with E-state index >= 15 is 0 Å². The van der Waals surface area contributed by atoms with E-state index < -0.39 is 279 Å². The van der Waals surface area contributed by atoms with Crippen molar-refractivity contribution in [2.45, 2.75) is 292 Å². The Morgan fingerprint density at radius 3 is 0.892 bits per heavy atom. The van der Waals surface area contributed by atoms with Crippen LogP contribution in [0.25, 0.3) is 0 Å². The number of Topliss-reactive ketones (excluding diaryl/α,β-unsaturated/α-hetero) is 1. The zero-order valence-electron chi connectivity index (χ0n) is 55.4.